The Labute approximate surface area is 141 Å². The maximum atomic E-state index is 12.8. The van der Waals surface area contributed by atoms with Gasteiger partial charge in [0.05, 0.1) is 21.9 Å². The van der Waals surface area contributed by atoms with Crippen LogP contribution in [0, 0.1) is 0 Å². The second-order valence-electron chi connectivity index (χ2n) is 5.84. The van der Waals surface area contributed by atoms with E-state index in [9.17, 15) is 19.2 Å². The van der Waals surface area contributed by atoms with E-state index in [1.807, 2.05) is 0 Å². The third-order valence-corrected chi connectivity index (χ3v) is 5.02. The van der Waals surface area contributed by atoms with Crippen molar-refractivity contribution in [2.45, 2.75) is 31.2 Å². The normalized spacial score (nSPS) is 27.8. The number of nitrogens with one attached hydrogen (secondary N) is 1. The smallest absolute Gasteiger partial charge is 0.250 e. The first-order chi connectivity index (χ1) is 10.7. The van der Waals surface area contributed by atoms with Crippen molar-refractivity contribution < 1.29 is 19.2 Å². The van der Waals surface area contributed by atoms with E-state index in [2.05, 4.69) is 5.32 Å². The van der Waals surface area contributed by atoms with E-state index in [0.29, 0.717) is 10.6 Å². The highest BCUT2D eigenvalue weighted by atomic mass is 35.5. The maximum Gasteiger partial charge on any atom is 0.250 e. The fraction of sp³-hybridized carbons (Fsp3) is 0.333. The van der Waals surface area contributed by atoms with E-state index in [4.69, 9.17) is 23.2 Å². The van der Waals surface area contributed by atoms with Crippen LogP contribution in [-0.4, -0.2) is 34.6 Å². The van der Waals surface area contributed by atoms with Gasteiger partial charge in [0, 0.05) is 6.42 Å². The first-order valence-corrected chi connectivity index (χ1v) is 7.65. The van der Waals surface area contributed by atoms with E-state index < -0.39 is 35.1 Å². The van der Waals surface area contributed by atoms with Gasteiger partial charge in [-0.05, 0) is 24.6 Å². The van der Waals surface area contributed by atoms with Gasteiger partial charge in [-0.2, -0.15) is 0 Å². The lowest BCUT2D eigenvalue weighted by molar-refractivity contribution is -0.146. The molecule has 2 aliphatic heterocycles. The van der Waals surface area contributed by atoms with Crippen LogP contribution < -0.4 is 5.32 Å². The van der Waals surface area contributed by atoms with Crippen molar-refractivity contribution in [1.29, 1.82) is 0 Å². The van der Waals surface area contributed by atoms with Crippen molar-refractivity contribution >= 4 is 46.8 Å². The Hall–Kier alpha value is -1.92. The predicted octanol–water partition coefficient (Wildman–Crippen LogP) is 1.43. The molecule has 1 N–H and O–H groups in total. The van der Waals surface area contributed by atoms with E-state index >= 15 is 0 Å². The lowest BCUT2D eigenvalue weighted by Crippen LogP contribution is -2.46. The summed E-state index contributed by atoms with van der Waals surface area (Å²) in [5.41, 5.74) is -0.602. The Morgan fingerprint density at radius 3 is 2.43 bits per heavy atom. The molecule has 120 valence electrons. The molecule has 0 radical (unpaired) electrons. The van der Waals surface area contributed by atoms with Gasteiger partial charge in [-0.3, -0.25) is 29.4 Å². The number of carbonyl (C=O) groups is 4. The molecule has 0 aliphatic carbocycles. The highest BCUT2D eigenvalue weighted by Gasteiger charge is 2.54. The van der Waals surface area contributed by atoms with E-state index in [1.54, 1.807) is 25.1 Å². The van der Waals surface area contributed by atoms with Crippen LogP contribution in [0.2, 0.25) is 10.0 Å². The summed E-state index contributed by atoms with van der Waals surface area (Å²) in [5, 5.41) is 2.72. The van der Waals surface area contributed by atoms with Crippen molar-refractivity contribution in [2.75, 3.05) is 0 Å². The first-order valence-electron chi connectivity index (χ1n) is 6.90. The van der Waals surface area contributed by atoms with Gasteiger partial charge in [-0.25, -0.2) is 0 Å². The van der Waals surface area contributed by atoms with Gasteiger partial charge in [0.25, 0.3) is 0 Å². The molecule has 2 heterocycles. The minimum absolute atomic E-state index is 0.0955. The van der Waals surface area contributed by atoms with Gasteiger partial charge in [0.1, 0.15) is 6.04 Å². The molecular weight excluding hydrogens is 343 g/mol. The predicted molar refractivity (Wildman–Crippen MR) is 81.8 cm³/mol. The number of halogens is 2. The minimum Gasteiger partial charge on any atom is -0.295 e. The molecule has 8 heteroatoms. The molecule has 2 atom stereocenters. The summed E-state index contributed by atoms with van der Waals surface area (Å²) >= 11 is 11.9. The van der Waals surface area contributed by atoms with Gasteiger partial charge >= 0.3 is 0 Å². The Balaban J connectivity index is 1.98. The number of rotatable bonds is 2. The monoisotopic (exact) mass is 354 g/mol. The number of nitrogens with zero attached hydrogens (tertiary/aromatic N) is 1. The zero-order valence-electron chi connectivity index (χ0n) is 12.1. The van der Waals surface area contributed by atoms with Gasteiger partial charge < -0.3 is 0 Å². The quantitative estimate of drug-likeness (QED) is 0.814. The summed E-state index contributed by atoms with van der Waals surface area (Å²) in [7, 11) is 0. The summed E-state index contributed by atoms with van der Waals surface area (Å²) in [6.45, 7) is 1.61. The SMILES string of the molecule is CC1(c2ccc(Cl)c(Cl)c2)CC(=O)N(C2CC(=O)NC2=O)C1=O. The van der Waals surface area contributed by atoms with Crippen LogP contribution in [0.15, 0.2) is 18.2 Å². The maximum absolute atomic E-state index is 12.8. The number of likely N-dealkylation sites (tertiary alicyclic amines) is 1. The van der Waals surface area contributed by atoms with Crippen molar-refractivity contribution in [1.82, 2.24) is 10.2 Å². The van der Waals surface area contributed by atoms with Crippen LogP contribution >= 0.6 is 23.2 Å². The molecule has 2 aliphatic rings. The molecule has 2 unspecified atom stereocenters. The molecule has 1 aromatic rings. The molecule has 2 fully saturated rings. The van der Waals surface area contributed by atoms with Crippen molar-refractivity contribution in [3.05, 3.63) is 33.8 Å². The van der Waals surface area contributed by atoms with Crippen LogP contribution in [0.5, 0.6) is 0 Å². The summed E-state index contributed by atoms with van der Waals surface area (Å²) in [4.78, 5) is 49.1. The third-order valence-electron chi connectivity index (χ3n) is 4.28. The first kappa shape index (κ1) is 16.0. The molecule has 0 bridgehead atoms. The Kier molecular flexibility index (Phi) is 3.69. The van der Waals surface area contributed by atoms with Crippen LogP contribution in [0.1, 0.15) is 25.3 Å². The van der Waals surface area contributed by atoms with Crippen LogP contribution in [0.25, 0.3) is 0 Å². The fourth-order valence-electron chi connectivity index (χ4n) is 2.97. The molecule has 3 rings (SSSR count). The van der Waals surface area contributed by atoms with Gasteiger partial charge in [0.2, 0.25) is 23.6 Å². The van der Waals surface area contributed by atoms with Crippen molar-refractivity contribution in [2.24, 2.45) is 0 Å². The number of hydrogen-bond acceptors (Lipinski definition) is 4. The van der Waals surface area contributed by atoms with E-state index in [1.165, 1.54) is 0 Å². The van der Waals surface area contributed by atoms with E-state index in [0.717, 1.165) is 4.90 Å². The highest BCUT2D eigenvalue weighted by molar-refractivity contribution is 6.42. The summed E-state index contributed by atoms with van der Waals surface area (Å²) in [6.07, 6.45) is -0.296. The minimum atomic E-state index is -1.14. The number of imide groups is 2. The lowest BCUT2D eigenvalue weighted by atomic mass is 9.81. The average Bonchev–Trinajstić information content (AvgIpc) is 2.91. The van der Waals surface area contributed by atoms with Crippen LogP contribution in [0.4, 0.5) is 0 Å². The molecule has 1 aromatic carbocycles. The third kappa shape index (κ3) is 2.42. The van der Waals surface area contributed by atoms with Crippen molar-refractivity contribution in [3.63, 3.8) is 0 Å². The topological polar surface area (TPSA) is 83.6 Å². The second kappa shape index (κ2) is 5.32. The van der Waals surface area contributed by atoms with Crippen LogP contribution in [0.3, 0.4) is 0 Å². The summed E-state index contributed by atoms with van der Waals surface area (Å²) in [6, 6.07) is 3.64. The molecule has 23 heavy (non-hydrogen) atoms. The molecule has 6 nitrogen and oxygen atoms in total. The summed E-state index contributed by atoms with van der Waals surface area (Å²) < 4.78 is 0. The lowest BCUT2D eigenvalue weighted by Gasteiger charge is -2.25. The number of benzene rings is 1. The zero-order valence-corrected chi connectivity index (χ0v) is 13.6. The van der Waals surface area contributed by atoms with Gasteiger partial charge in [-0.15, -0.1) is 0 Å². The van der Waals surface area contributed by atoms with Gasteiger partial charge in [-0.1, -0.05) is 29.3 Å². The van der Waals surface area contributed by atoms with Gasteiger partial charge in [0.15, 0.2) is 0 Å². The molecule has 0 saturated carbocycles. The Morgan fingerprint density at radius 1 is 1.17 bits per heavy atom. The standard InChI is InChI=1S/C15H12Cl2N2O4/c1-15(7-2-3-8(16)9(17)4-7)6-12(21)19(14(15)23)10-5-11(20)18-13(10)22/h2-4,10H,5-6H2,1H3,(H,18,20,22). The number of amides is 4. The van der Waals surface area contributed by atoms with Crippen LogP contribution in [-0.2, 0) is 24.6 Å². The number of carbonyl (C=O) groups excluding carboxylic acids is 4. The fourth-order valence-corrected chi connectivity index (χ4v) is 3.27. The van der Waals surface area contributed by atoms with E-state index in [-0.39, 0.29) is 17.9 Å². The Morgan fingerprint density at radius 2 is 1.87 bits per heavy atom. The second-order valence-corrected chi connectivity index (χ2v) is 6.65. The molecule has 4 amide bonds. The molecule has 0 spiro atoms. The average molecular weight is 355 g/mol. The molecule has 2 saturated heterocycles. The largest absolute Gasteiger partial charge is 0.295 e. The zero-order chi connectivity index (χ0) is 16.9. The molecular formula is C15H12Cl2N2O4. The number of hydrogen-bond donors (Lipinski definition) is 1. The van der Waals surface area contributed by atoms with Crippen molar-refractivity contribution in [3.8, 4) is 0 Å². The highest BCUT2D eigenvalue weighted by Crippen LogP contribution is 2.40. The summed E-state index contributed by atoms with van der Waals surface area (Å²) in [5.74, 6) is -2.13. The molecule has 0 aromatic heterocycles. The Bertz CT molecular complexity index is 764.